The second-order valence-electron chi connectivity index (χ2n) is 6.16. The first-order valence-electron chi connectivity index (χ1n) is 9.12. The molecule has 3 rings (SSSR count). The quantitative estimate of drug-likeness (QED) is 0.411. The molecule has 4 amide bonds. The summed E-state index contributed by atoms with van der Waals surface area (Å²) in [4.78, 5) is 38.4. The van der Waals surface area contributed by atoms with Gasteiger partial charge in [0.05, 0.1) is 17.3 Å². The molecule has 2 aromatic carbocycles. The van der Waals surface area contributed by atoms with Crippen LogP contribution in [0.3, 0.4) is 0 Å². The largest absolute Gasteiger partial charge is 0.490 e. The topological polar surface area (TPSA) is 84.9 Å². The maximum Gasteiger partial charge on any atom is 0.335 e. The third kappa shape index (κ3) is 4.36. The Morgan fingerprint density at radius 2 is 1.87 bits per heavy atom. The second kappa shape index (κ2) is 9.28. The van der Waals surface area contributed by atoms with Crippen LogP contribution in [0.5, 0.6) is 11.5 Å². The molecule has 1 aliphatic heterocycles. The molecule has 7 nitrogen and oxygen atoms in total. The van der Waals surface area contributed by atoms with Gasteiger partial charge in [0.25, 0.3) is 11.8 Å². The number of halogens is 1. The molecule has 0 spiro atoms. The van der Waals surface area contributed by atoms with E-state index in [9.17, 15) is 14.4 Å². The van der Waals surface area contributed by atoms with Gasteiger partial charge in [-0.15, -0.1) is 0 Å². The smallest absolute Gasteiger partial charge is 0.335 e. The number of nitrogens with one attached hydrogen (secondary N) is 1. The number of benzene rings is 2. The highest BCUT2D eigenvalue weighted by Gasteiger charge is 2.36. The van der Waals surface area contributed by atoms with Crippen LogP contribution in [0.15, 0.2) is 60.7 Å². The lowest BCUT2D eigenvalue weighted by Gasteiger charge is -2.26. The summed E-state index contributed by atoms with van der Waals surface area (Å²) in [6.07, 6.45) is 2.92. The van der Waals surface area contributed by atoms with E-state index in [1.54, 1.807) is 55.5 Å². The number of hydrogen-bond donors (Lipinski definition) is 1. The van der Waals surface area contributed by atoms with E-state index in [1.807, 2.05) is 0 Å². The molecule has 1 aliphatic rings. The highest BCUT2D eigenvalue weighted by Crippen LogP contribution is 2.37. The summed E-state index contributed by atoms with van der Waals surface area (Å²) in [5, 5.41) is 2.43. The Hall–Kier alpha value is -3.58. The third-order valence-corrected chi connectivity index (χ3v) is 4.39. The number of nitrogens with zero attached hydrogens (tertiary/aromatic N) is 1. The maximum atomic E-state index is 12.9. The molecule has 1 heterocycles. The Morgan fingerprint density at radius 1 is 1.13 bits per heavy atom. The summed E-state index contributed by atoms with van der Waals surface area (Å²) in [6.45, 7) is 5.99. The molecule has 0 atom stereocenters. The lowest BCUT2D eigenvalue weighted by atomic mass is 10.1. The van der Waals surface area contributed by atoms with Crippen LogP contribution in [0.1, 0.15) is 12.5 Å². The number of imide groups is 2. The van der Waals surface area contributed by atoms with Crippen LogP contribution < -0.4 is 19.7 Å². The van der Waals surface area contributed by atoms with Crippen LogP contribution in [0, 0.1) is 0 Å². The van der Waals surface area contributed by atoms with Gasteiger partial charge in [-0.05, 0) is 42.8 Å². The van der Waals surface area contributed by atoms with Gasteiger partial charge in [0, 0.05) is 0 Å². The van der Waals surface area contributed by atoms with E-state index in [0.29, 0.717) is 29.4 Å². The van der Waals surface area contributed by atoms with Crippen molar-refractivity contribution >= 4 is 41.2 Å². The highest BCUT2D eigenvalue weighted by molar-refractivity contribution is 6.39. The molecule has 0 radical (unpaired) electrons. The fourth-order valence-corrected chi connectivity index (χ4v) is 3.13. The molecular formula is C22H19ClN2O5. The van der Waals surface area contributed by atoms with Crippen molar-refractivity contribution in [1.82, 2.24) is 5.32 Å². The number of barbiturate groups is 1. The van der Waals surface area contributed by atoms with Crippen molar-refractivity contribution in [3.05, 3.63) is 71.3 Å². The van der Waals surface area contributed by atoms with Gasteiger partial charge in [-0.3, -0.25) is 14.9 Å². The molecule has 154 valence electrons. The zero-order valence-electron chi connectivity index (χ0n) is 16.2. The molecule has 1 saturated heterocycles. The minimum absolute atomic E-state index is 0.211. The van der Waals surface area contributed by atoms with Gasteiger partial charge in [-0.25, -0.2) is 9.69 Å². The van der Waals surface area contributed by atoms with Crippen molar-refractivity contribution in [1.29, 1.82) is 0 Å². The first-order chi connectivity index (χ1) is 14.5. The molecule has 0 unspecified atom stereocenters. The van der Waals surface area contributed by atoms with Crippen LogP contribution in [0.2, 0.25) is 5.02 Å². The van der Waals surface area contributed by atoms with E-state index < -0.39 is 17.8 Å². The third-order valence-electron chi connectivity index (χ3n) is 4.10. The lowest BCUT2D eigenvalue weighted by Crippen LogP contribution is -2.54. The average Bonchev–Trinajstić information content (AvgIpc) is 2.71. The normalized spacial score (nSPS) is 15.2. The number of urea groups is 1. The fourth-order valence-electron chi connectivity index (χ4n) is 2.85. The fraction of sp³-hybridized carbons (Fsp3) is 0.136. The number of amides is 4. The first-order valence-corrected chi connectivity index (χ1v) is 9.50. The van der Waals surface area contributed by atoms with E-state index in [2.05, 4.69) is 11.9 Å². The maximum absolute atomic E-state index is 12.9. The Morgan fingerprint density at radius 3 is 2.53 bits per heavy atom. The van der Waals surface area contributed by atoms with Gasteiger partial charge in [-0.2, -0.15) is 0 Å². The number of ether oxygens (including phenoxy) is 2. The SMILES string of the molecule is C=CCOc1c(Cl)cc(/C=C2\C(=O)NC(=O)N(c3ccccc3)C2=O)cc1OCC. The number of hydrogen-bond acceptors (Lipinski definition) is 5. The number of para-hydroxylation sites is 1. The Balaban J connectivity index is 2.02. The van der Waals surface area contributed by atoms with Gasteiger partial charge in [0.2, 0.25) is 0 Å². The summed E-state index contributed by atoms with van der Waals surface area (Å²) >= 11 is 6.33. The summed E-state index contributed by atoms with van der Waals surface area (Å²) in [5.41, 5.74) is 0.576. The molecular weight excluding hydrogens is 408 g/mol. The Bertz CT molecular complexity index is 1030. The average molecular weight is 427 g/mol. The van der Waals surface area contributed by atoms with E-state index in [1.165, 1.54) is 6.08 Å². The van der Waals surface area contributed by atoms with Gasteiger partial charge in [-0.1, -0.05) is 42.5 Å². The minimum Gasteiger partial charge on any atom is -0.490 e. The summed E-state index contributed by atoms with van der Waals surface area (Å²) in [6, 6.07) is 10.7. The monoisotopic (exact) mass is 426 g/mol. The van der Waals surface area contributed by atoms with Crippen molar-refractivity contribution in [3.8, 4) is 11.5 Å². The van der Waals surface area contributed by atoms with E-state index in [0.717, 1.165) is 4.90 Å². The van der Waals surface area contributed by atoms with Crippen molar-refractivity contribution in [3.63, 3.8) is 0 Å². The zero-order chi connectivity index (χ0) is 21.7. The van der Waals surface area contributed by atoms with Crippen LogP contribution in [-0.4, -0.2) is 31.1 Å². The molecule has 1 N–H and O–H groups in total. The molecule has 0 bridgehead atoms. The molecule has 30 heavy (non-hydrogen) atoms. The Kier molecular flexibility index (Phi) is 6.54. The minimum atomic E-state index is -0.811. The molecule has 1 fully saturated rings. The molecule has 8 heteroatoms. The van der Waals surface area contributed by atoms with E-state index >= 15 is 0 Å². The van der Waals surface area contributed by atoms with Crippen molar-refractivity contribution in [2.75, 3.05) is 18.1 Å². The second-order valence-corrected chi connectivity index (χ2v) is 6.56. The molecule has 0 aliphatic carbocycles. The number of anilines is 1. The number of carbonyl (C=O) groups is 3. The predicted octanol–water partition coefficient (Wildman–Crippen LogP) is 3.97. The highest BCUT2D eigenvalue weighted by atomic mass is 35.5. The molecule has 0 aromatic heterocycles. The summed E-state index contributed by atoms with van der Waals surface area (Å²) in [7, 11) is 0. The summed E-state index contributed by atoms with van der Waals surface area (Å²) in [5.74, 6) is -0.839. The standard InChI is InChI=1S/C22H19ClN2O5/c1-3-10-30-19-17(23)12-14(13-18(19)29-4-2)11-16-20(26)24-22(28)25(21(16)27)15-8-6-5-7-9-15/h3,5-9,11-13H,1,4,10H2,2H3,(H,24,26,28)/b16-11+. The zero-order valence-corrected chi connectivity index (χ0v) is 16.9. The van der Waals surface area contributed by atoms with E-state index in [-0.39, 0.29) is 17.2 Å². The van der Waals surface area contributed by atoms with E-state index in [4.69, 9.17) is 21.1 Å². The number of rotatable bonds is 7. The molecule has 0 saturated carbocycles. The van der Waals surface area contributed by atoms with Crippen molar-refractivity contribution < 1.29 is 23.9 Å². The van der Waals surface area contributed by atoms with Crippen LogP contribution >= 0.6 is 11.6 Å². The van der Waals surface area contributed by atoms with Crippen LogP contribution in [0.25, 0.3) is 6.08 Å². The van der Waals surface area contributed by atoms with Gasteiger partial charge < -0.3 is 9.47 Å². The lowest BCUT2D eigenvalue weighted by molar-refractivity contribution is -0.122. The summed E-state index contributed by atoms with van der Waals surface area (Å²) < 4.78 is 11.1. The molecule has 2 aromatic rings. The van der Waals surface area contributed by atoms with Gasteiger partial charge in [0.1, 0.15) is 12.2 Å². The van der Waals surface area contributed by atoms with Crippen LogP contribution in [-0.2, 0) is 9.59 Å². The van der Waals surface area contributed by atoms with Crippen LogP contribution in [0.4, 0.5) is 10.5 Å². The Labute approximate surface area is 178 Å². The van der Waals surface area contributed by atoms with Crippen molar-refractivity contribution in [2.24, 2.45) is 0 Å². The first kappa shape index (κ1) is 21.1. The predicted molar refractivity (Wildman–Crippen MR) is 114 cm³/mol. The number of carbonyl (C=O) groups excluding carboxylic acids is 3. The van der Waals surface area contributed by atoms with Gasteiger partial charge >= 0.3 is 6.03 Å². The van der Waals surface area contributed by atoms with Gasteiger partial charge in [0.15, 0.2) is 11.5 Å². The van der Waals surface area contributed by atoms with Crippen molar-refractivity contribution in [2.45, 2.75) is 6.92 Å².